The van der Waals surface area contributed by atoms with Gasteiger partial charge in [-0.25, -0.2) is 0 Å². The van der Waals surface area contributed by atoms with Gasteiger partial charge in [0.25, 0.3) is 0 Å². The molecule has 0 spiro atoms. The molecule has 2 atom stereocenters. The van der Waals surface area contributed by atoms with Crippen molar-refractivity contribution in [2.75, 3.05) is 11.4 Å². The van der Waals surface area contributed by atoms with Crippen molar-refractivity contribution < 1.29 is 14.7 Å². The molecule has 1 aromatic rings. The fraction of sp³-hybridized carbons (Fsp3) is 0.467. The average Bonchev–Trinajstić information content (AvgIpc) is 2.76. The largest absolute Gasteiger partial charge is 0.481 e. The van der Waals surface area contributed by atoms with Crippen LogP contribution in [0.1, 0.15) is 32.3 Å². The van der Waals surface area contributed by atoms with Gasteiger partial charge in [-0.15, -0.1) is 0 Å². The number of aliphatic carboxylic acids is 1. The fourth-order valence-corrected chi connectivity index (χ4v) is 2.36. The van der Waals surface area contributed by atoms with Gasteiger partial charge in [0.05, 0.1) is 0 Å². The van der Waals surface area contributed by atoms with Crippen LogP contribution in [0.15, 0.2) is 24.3 Å². The quantitative estimate of drug-likeness (QED) is 0.909. The molecule has 4 nitrogen and oxygen atoms in total. The first-order valence-corrected chi connectivity index (χ1v) is 6.56. The number of carbonyl (C=O) groups excluding carboxylic acids is 1. The molecule has 0 unspecified atom stereocenters. The van der Waals surface area contributed by atoms with Crippen molar-refractivity contribution in [1.29, 1.82) is 0 Å². The molecule has 1 aliphatic rings. The number of hydrogen-bond acceptors (Lipinski definition) is 2. The minimum atomic E-state index is -0.875. The predicted octanol–water partition coefficient (Wildman–Crippen LogP) is 2.49. The number of fused-ring (bicyclic) bond motifs is 1. The van der Waals surface area contributed by atoms with Gasteiger partial charge in [-0.2, -0.15) is 0 Å². The van der Waals surface area contributed by atoms with E-state index in [9.17, 15) is 14.7 Å². The third kappa shape index (κ3) is 2.35. The first-order chi connectivity index (χ1) is 8.93. The molecule has 19 heavy (non-hydrogen) atoms. The number of nitrogens with zero attached hydrogens (tertiary/aromatic N) is 1. The van der Waals surface area contributed by atoms with Crippen LogP contribution in [-0.2, 0) is 9.59 Å². The molecule has 1 aromatic carbocycles. The van der Waals surface area contributed by atoms with Crippen molar-refractivity contribution >= 4 is 17.6 Å². The number of anilines is 1. The Bertz CT molecular complexity index is 510. The summed E-state index contributed by atoms with van der Waals surface area (Å²) in [5.74, 6) is -1.35. The summed E-state index contributed by atoms with van der Waals surface area (Å²) in [6.45, 7) is 6.13. The Labute approximate surface area is 113 Å². The molecule has 0 bridgehead atoms. The van der Waals surface area contributed by atoms with Crippen LogP contribution in [-0.4, -0.2) is 23.5 Å². The van der Waals surface area contributed by atoms with Crippen molar-refractivity contribution in [3.63, 3.8) is 0 Å². The van der Waals surface area contributed by atoms with Crippen molar-refractivity contribution in [2.45, 2.75) is 26.7 Å². The molecule has 1 aliphatic heterocycles. The van der Waals surface area contributed by atoms with Gasteiger partial charge >= 0.3 is 5.97 Å². The van der Waals surface area contributed by atoms with E-state index < -0.39 is 11.9 Å². The number of para-hydroxylation sites is 1. The van der Waals surface area contributed by atoms with E-state index in [2.05, 4.69) is 0 Å². The summed E-state index contributed by atoms with van der Waals surface area (Å²) >= 11 is 0. The lowest BCUT2D eigenvalue weighted by Gasteiger charge is -2.23. The first-order valence-electron chi connectivity index (χ1n) is 6.56. The topological polar surface area (TPSA) is 57.6 Å². The van der Waals surface area contributed by atoms with Crippen molar-refractivity contribution in [3.8, 4) is 0 Å². The summed E-state index contributed by atoms with van der Waals surface area (Å²) in [4.78, 5) is 25.4. The first kappa shape index (κ1) is 13.6. The molecule has 0 aromatic heterocycles. The van der Waals surface area contributed by atoms with E-state index in [1.165, 1.54) is 0 Å². The Morgan fingerprint density at radius 3 is 2.47 bits per heavy atom. The zero-order valence-electron chi connectivity index (χ0n) is 11.5. The maximum Gasteiger partial charge on any atom is 0.312 e. The molecule has 102 valence electrons. The minimum Gasteiger partial charge on any atom is -0.481 e. The minimum absolute atomic E-state index is 0.00574. The summed E-state index contributed by atoms with van der Waals surface area (Å²) < 4.78 is 0. The Hall–Kier alpha value is -1.84. The second-order valence-electron chi connectivity index (χ2n) is 5.43. The monoisotopic (exact) mass is 261 g/mol. The molecular formula is C15H19NO3. The van der Waals surface area contributed by atoms with Crippen LogP contribution in [0.5, 0.6) is 0 Å². The number of amides is 1. The van der Waals surface area contributed by atoms with Gasteiger partial charge in [0, 0.05) is 18.2 Å². The summed E-state index contributed by atoms with van der Waals surface area (Å²) in [5.41, 5.74) is 1.48. The molecule has 2 rings (SSSR count). The smallest absolute Gasteiger partial charge is 0.312 e. The lowest BCUT2D eigenvalue weighted by molar-refractivity contribution is -0.138. The highest BCUT2D eigenvalue weighted by atomic mass is 16.4. The molecule has 0 aliphatic carbocycles. The van der Waals surface area contributed by atoms with Crippen LogP contribution < -0.4 is 4.90 Å². The molecule has 0 fully saturated rings. The van der Waals surface area contributed by atoms with Gasteiger partial charge in [-0.1, -0.05) is 39.0 Å². The summed E-state index contributed by atoms with van der Waals surface area (Å²) in [7, 11) is 0. The van der Waals surface area contributed by atoms with E-state index in [1.54, 1.807) is 11.0 Å². The van der Waals surface area contributed by atoms with Crippen molar-refractivity contribution in [2.24, 2.45) is 11.8 Å². The highest BCUT2D eigenvalue weighted by molar-refractivity contribution is 6.00. The summed E-state index contributed by atoms with van der Waals surface area (Å²) in [5, 5.41) is 9.27. The predicted molar refractivity (Wildman–Crippen MR) is 73.2 cm³/mol. The lowest BCUT2D eigenvalue weighted by atomic mass is 9.96. The lowest BCUT2D eigenvalue weighted by Crippen LogP contribution is -2.37. The van der Waals surface area contributed by atoms with E-state index in [1.807, 2.05) is 39.0 Å². The maximum atomic E-state index is 12.5. The van der Waals surface area contributed by atoms with E-state index in [0.717, 1.165) is 11.3 Å². The number of carboxylic acid groups (broad SMARTS) is 1. The Kier molecular flexibility index (Phi) is 3.60. The molecule has 1 N–H and O–H groups in total. The zero-order valence-corrected chi connectivity index (χ0v) is 11.5. The third-order valence-corrected chi connectivity index (χ3v) is 3.92. The van der Waals surface area contributed by atoms with E-state index in [-0.39, 0.29) is 24.3 Å². The molecule has 4 heteroatoms. The van der Waals surface area contributed by atoms with Crippen LogP contribution in [0.25, 0.3) is 0 Å². The molecule has 0 saturated heterocycles. The average molecular weight is 261 g/mol. The second-order valence-corrected chi connectivity index (χ2v) is 5.43. The Morgan fingerprint density at radius 2 is 1.89 bits per heavy atom. The van der Waals surface area contributed by atoms with Gasteiger partial charge < -0.3 is 10.0 Å². The SMILES string of the molecule is CC(C)[C@H](C)C(=O)N1C[C@H](C(=O)O)c2ccccc21. The second kappa shape index (κ2) is 5.03. The van der Waals surface area contributed by atoms with Crippen LogP contribution in [0.3, 0.4) is 0 Å². The normalized spacial score (nSPS) is 19.4. The summed E-state index contributed by atoms with van der Waals surface area (Å²) in [6, 6.07) is 7.27. The standard InChI is InChI=1S/C15H19NO3/c1-9(2)10(3)14(17)16-8-12(15(18)19)11-6-4-5-7-13(11)16/h4-7,9-10,12H,8H2,1-3H3,(H,18,19)/t10-,12-/m0/s1. The molecule has 1 heterocycles. The van der Waals surface area contributed by atoms with Crippen molar-refractivity contribution in [1.82, 2.24) is 0 Å². The fourth-order valence-electron chi connectivity index (χ4n) is 2.36. The van der Waals surface area contributed by atoms with Gasteiger partial charge in [0.15, 0.2) is 0 Å². The van der Waals surface area contributed by atoms with Crippen LogP contribution in [0.4, 0.5) is 5.69 Å². The number of carbonyl (C=O) groups is 2. The maximum absolute atomic E-state index is 12.5. The van der Waals surface area contributed by atoms with Gasteiger partial charge in [-0.05, 0) is 17.5 Å². The van der Waals surface area contributed by atoms with Gasteiger partial charge in [-0.3, -0.25) is 9.59 Å². The van der Waals surface area contributed by atoms with Gasteiger partial charge in [0.1, 0.15) is 5.92 Å². The van der Waals surface area contributed by atoms with E-state index in [0.29, 0.717) is 0 Å². The molecular weight excluding hydrogens is 242 g/mol. The highest BCUT2D eigenvalue weighted by Crippen LogP contribution is 2.37. The van der Waals surface area contributed by atoms with E-state index in [4.69, 9.17) is 0 Å². The zero-order chi connectivity index (χ0) is 14.2. The number of hydrogen-bond donors (Lipinski definition) is 1. The molecule has 1 amide bonds. The third-order valence-electron chi connectivity index (χ3n) is 3.92. The highest BCUT2D eigenvalue weighted by Gasteiger charge is 2.37. The number of rotatable bonds is 3. The van der Waals surface area contributed by atoms with Crippen LogP contribution in [0, 0.1) is 11.8 Å². The number of benzene rings is 1. The Morgan fingerprint density at radius 1 is 1.26 bits per heavy atom. The van der Waals surface area contributed by atoms with Crippen molar-refractivity contribution in [3.05, 3.63) is 29.8 Å². The molecule has 0 radical (unpaired) electrons. The summed E-state index contributed by atoms with van der Waals surface area (Å²) in [6.07, 6.45) is 0. The van der Waals surface area contributed by atoms with Crippen LogP contribution in [0.2, 0.25) is 0 Å². The number of carboxylic acids is 1. The molecule has 0 saturated carbocycles. The Balaban J connectivity index is 2.35. The van der Waals surface area contributed by atoms with Crippen LogP contribution >= 0.6 is 0 Å². The van der Waals surface area contributed by atoms with E-state index >= 15 is 0 Å². The van der Waals surface area contributed by atoms with Gasteiger partial charge in [0.2, 0.25) is 5.91 Å².